The quantitative estimate of drug-likeness (QED) is 0.898. The third kappa shape index (κ3) is 4.11. The summed E-state index contributed by atoms with van der Waals surface area (Å²) in [4.78, 5) is 25.6. The predicted molar refractivity (Wildman–Crippen MR) is 92.9 cm³/mol. The number of para-hydroxylation sites is 1. The zero-order valence-corrected chi connectivity index (χ0v) is 14.2. The van der Waals surface area contributed by atoms with E-state index in [0.717, 1.165) is 11.3 Å². The summed E-state index contributed by atoms with van der Waals surface area (Å²) in [6.07, 6.45) is 0. The lowest BCUT2D eigenvalue weighted by Crippen LogP contribution is -2.38. The molecule has 2 aromatic rings. The minimum atomic E-state index is -0.678. The maximum Gasteiger partial charge on any atom is 0.255 e. The van der Waals surface area contributed by atoms with E-state index in [1.807, 2.05) is 31.2 Å². The van der Waals surface area contributed by atoms with Gasteiger partial charge in [-0.15, -0.1) is 0 Å². The van der Waals surface area contributed by atoms with E-state index >= 15 is 0 Å². The molecule has 0 heterocycles. The van der Waals surface area contributed by atoms with Gasteiger partial charge in [0.2, 0.25) is 5.91 Å². The first-order valence-electron chi connectivity index (χ1n) is 7.47. The van der Waals surface area contributed by atoms with E-state index < -0.39 is 11.7 Å². The molecule has 2 rings (SSSR count). The van der Waals surface area contributed by atoms with Crippen LogP contribution in [0.5, 0.6) is 0 Å². The van der Waals surface area contributed by atoms with Crippen LogP contribution in [0.3, 0.4) is 0 Å². The molecule has 6 heteroatoms. The fourth-order valence-corrected chi connectivity index (χ4v) is 2.65. The number of hydrogen-bond donors (Lipinski definition) is 1. The van der Waals surface area contributed by atoms with Crippen molar-refractivity contribution >= 4 is 29.1 Å². The van der Waals surface area contributed by atoms with E-state index in [0.29, 0.717) is 0 Å². The zero-order chi connectivity index (χ0) is 17.7. The summed E-state index contributed by atoms with van der Waals surface area (Å²) < 4.78 is 13.7. The van der Waals surface area contributed by atoms with Crippen molar-refractivity contribution in [2.45, 2.75) is 13.8 Å². The molecule has 0 aromatic heterocycles. The first-order chi connectivity index (χ1) is 11.4. The summed E-state index contributed by atoms with van der Waals surface area (Å²) in [5, 5.41) is 2.65. The van der Waals surface area contributed by atoms with Gasteiger partial charge in [-0.2, -0.15) is 0 Å². The molecule has 24 heavy (non-hydrogen) atoms. The van der Waals surface area contributed by atoms with E-state index in [9.17, 15) is 14.0 Å². The van der Waals surface area contributed by atoms with E-state index in [1.165, 1.54) is 25.1 Å². The summed E-state index contributed by atoms with van der Waals surface area (Å²) in [5.41, 5.74) is 1.55. The van der Waals surface area contributed by atoms with Crippen LogP contribution in [0.25, 0.3) is 0 Å². The number of amides is 2. The average molecular weight is 349 g/mol. The van der Waals surface area contributed by atoms with Crippen molar-refractivity contribution < 1.29 is 14.0 Å². The van der Waals surface area contributed by atoms with Gasteiger partial charge in [-0.05, 0) is 30.7 Å². The number of aryl methyl sites for hydroxylation is 1. The highest BCUT2D eigenvalue weighted by Gasteiger charge is 2.17. The van der Waals surface area contributed by atoms with E-state index in [1.54, 1.807) is 4.90 Å². The average Bonchev–Trinajstić information content (AvgIpc) is 2.52. The van der Waals surface area contributed by atoms with Crippen LogP contribution in [0.4, 0.5) is 10.1 Å². The van der Waals surface area contributed by atoms with Crippen LogP contribution in [0.2, 0.25) is 5.02 Å². The molecule has 0 aliphatic rings. The van der Waals surface area contributed by atoms with Gasteiger partial charge in [-0.25, -0.2) is 4.39 Å². The van der Waals surface area contributed by atoms with Crippen LogP contribution in [0.15, 0.2) is 42.5 Å². The Morgan fingerprint density at radius 2 is 1.88 bits per heavy atom. The minimum Gasteiger partial charge on any atom is -0.350 e. The minimum absolute atomic E-state index is 0.0508. The van der Waals surface area contributed by atoms with E-state index in [4.69, 9.17) is 11.6 Å². The fraction of sp³-hybridized carbons (Fsp3) is 0.222. The number of rotatable bonds is 5. The standard InChI is InChI=1S/C18H18ClFN2O2/c1-12-6-3-4-9-16(12)22(13(2)23)11-10-21-18(24)17-14(19)7-5-8-15(17)20/h3-9H,10-11H2,1-2H3,(H,21,24). The Hall–Kier alpha value is -2.40. The van der Waals surface area contributed by atoms with E-state index in [-0.39, 0.29) is 29.6 Å². The van der Waals surface area contributed by atoms with Crippen molar-refractivity contribution in [1.29, 1.82) is 0 Å². The Bertz CT molecular complexity index is 744. The molecule has 0 spiro atoms. The molecular formula is C18H18ClFN2O2. The molecule has 2 amide bonds. The van der Waals surface area contributed by atoms with Gasteiger partial charge in [0.1, 0.15) is 5.82 Å². The SMILES string of the molecule is CC(=O)N(CCNC(=O)c1c(F)cccc1Cl)c1ccccc1C. The molecule has 0 aliphatic carbocycles. The molecule has 2 aromatic carbocycles. The molecule has 4 nitrogen and oxygen atoms in total. The van der Waals surface area contributed by atoms with Gasteiger partial charge < -0.3 is 10.2 Å². The Morgan fingerprint density at radius 1 is 1.17 bits per heavy atom. The number of carbonyl (C=O) groups is 2. The van der Waals surface area contributed by atoms with Gasteiger partial charge in [-0.1, -0.05) is 35.9 Å². The summed E-state index contributed by atoms with van der Waals surface area (Å²) in [5.74, 6) is -1.42. The zero-order valence-electron chi connectivity index (χ0n) is 13.5. The Morgan fingerprint density at radius 3 is 2.50 bits per heavy atom. The largest absolute Gasteiger partial charge is 0.350 e. The third-order valence-electron chi connectivity index (χ3n) is 3.60. The maximum atomic E-state index is 13.7. The summed E-state index contributed by atoms with van der Waals surface area (Å²) in [7, 11) is 0. The Balaban J connectivity index is 2.05. The normalized spacial score (nSPS) is 10.3. The first kappa shape index (κ1) is 17.9. The van der Waals surface area contributed by atoms with Crippen LogP contribution in [0, 0.1) is 12.7 Å². The Labute approximate surface area is 145 Å². The van der Waals surface area contributed by atoms with Crippen molar-refractivity contribution in [2.75, 3.05) is 18.0 Å². The molecule has 0 saturated carbocycles. The molecule has 1 N–H and O–H groups in total. The molecule has 0 bridgehead atoms. The molecule has 0 fully saturated rings. The molecule has 0 atom stereocenters. The smallest absolute Gasteiger partial charge is 0.255 e. The molecule has 0 saturated heterocycles. The summed E-state index contributed by atoms with van der Waals surface area (Å²) >= 11 is 5.87. The third-order valence-corrected chi connectivity index (χ3v) is 3.91. The maximum absolute atomic E-state index is 13.7. The molecule has 0 aliphatic heterocycles. The predicted octanol–water partition coefficient (Wildman–Crippen LogP) is 3.57. The van der Waals surface area contributed by atoms with Crippen molar-refractivity contribution in [2.24, 2.45) is 0 Å². The molecular weight excluding hydrogens is 331 g/mol. The molecule has 0 radical (unpaired) electrons. The fourth-order valence-electron chi connectivity index (χ4n) is 2.40. The number of carbonyl (C=O) groups excluding carboxylic acids is 2. The van der Waals surface area contributed by atoms with Gasteiger partial charge in [-0.3, -0.25) is 9.59 Å². The van der Waals surface area contributed by atoms with Crippen LogP contribution < -0.4 is 10.2 Å². The highest BCUT2D eigenvalue weighted by atomic mass is 35.5. The lowest BCUT2D eigenvalue weighted by atomic mass is 10.1. The first-order valence-corrected chi connectivity index (χ1v) is 7.85. The van der Waals surface area contributed by atoms with Crippen LogP contribution in [-0.4, -0.2) is 24.9 Å². The highest BCUT2D eigenvalue weighted by Crippen LogP contribution is 2.20. The second kappa shape index (κ2) is 7.93. The van der Waals surface area contributed by atoms with Gasteiger partial charge in [0.15, 0.2) is 0 Å². The van der Waals surface area contributed by atoms with Gasteiger partial charge in [0, 0.05) is 25.7 Å². The second-order valence-electron chi connectivity index (χ2n) is 5.31. The number of benzene rings is 2. The number of nitrogens with zero attached hydrogens (tertiary/aromatic N) is 1. The van der Waals surface area contributed by atoms with Crippen molar-refractivity contribution in [3.05, 3.63) is 64.4 Å². The topological polar surface area (TPSA) is 49.4 Å². The van der Waals surface area contributed by atoms with Crippen LogP contribution >= 0.6 is 11.6 Å². The number of hydrogen-bond acceptors (Lipinski definition) is 2. The summed E-state index contributed by atoms with van der Waals surface area (Å²) in [6, 6.07) is 11.5. The summed E-state index contributed by atoms with van der Waals surface area (Å²) in [6.45, 7) is 3.82. The van der Waals surface area contributed by atoms with Gasteiger partial charge in [0.25, 0.3) is 5.91 Å². The van der Waals surface area contributed by atoms with Gasteiger partial charge in [0.05, 0.1) is 10.6 Å². The lowest BCUT2D eigenvalue weighted by Gasteiger charge is -2.23. The second-order valence-corrected chi connectivity index (χ2v) is 5.72. The lowest BCUT2D eigenvalue weighted by molar-refractivity contribution is -0.116. The monoisotopic (exact) mass is 348 g/mol. The van der Waals surface area contributed by atoms with Crippen molar-refractivity contribution in [1.82, 2.24) is 5.32 Å². The molecule has 126 valence electrons. The highest BCUT2D eigenvalue weighted by molar-refractivity contribution is 6.33. The number of anilines is 1. The van der Waals surface area contributed by atoms with Crippen LogP contribution in [0.1, 0.15) is 22.8 Å². The van der Waals surface area contributed by atoms with Gasteiger partial charge >= 0.3 is 0 Å². The molecule has 0 unspecified atom stereocenters. The van der Waals surface area contributed by atoms with Crippen LogP contribution in [-0.2, 0) is 4.79 Å². The van der Waals surface area contributed by atoms with Crippen molar-refractivity contribution in [3.8, 4) is 0 Å². The Kier molecular flexibility index (Phi) is 5.93. The number of nitrogens with one attached hydrogen (secondary N) is 1. The van der Waals surface area contributed by atoms with E-state index in [2.05, 4.69) is 5.32 Å². The number of halogens is 2. The van der Waals surface area contributed by atoms with Crippen molar-refractivity contribution in [3.63, 3.8) is 0 Å².